The quantitative estimate of drug-likeness (QED) is 0.138. The highest BCUT2D eigenvalue weighted by molar-refractivity contribution is 6.18. The summed E-state index contributed by atoms with van der Waals surface area (Å²) in [7, 11) is 0. The molecule has 0 atom stereocenters. The van der Waals surface area contributed by atoms with Gasteiger partial charge in [0.2, 0.25) is 0 Å². The van der Waals surface area contributed by atoms with Gasteiger partial charge in [-0.15, -0.1) is 0 Å². The highest BCUT2D eigenvalue weighted by Gasteiger charge is 2.34. The van der Waals surface area contributed by atoms with Crippen LogP contribution in [0.5, 0.6) is 0 Å². The second-order valence-corrected chi connectivity index (χ2v) is 34.9. The van der Waals surface area contributed by atoms with Crippen molar-refractivity contribution >= 4 is 109 Å². The standard InChI is InChI=1S/4C28H17N3/c1-2-4-20-16(3-1)9-17-12-22-18(11-21(17)20)10-19-13-24-25(14-23(19)22)28-30-7-8-31(28)27-5-6-29-15-26(24)27;1-2-4-20-16(3-1)9-17-10-18-11-19-12-24-25(14-23(19)22(18)13-21(17)20)28-30-7-8-31(28)27-5-6-29-15-26(24)27;1-2-4-19-16(3-1)12-23-20(19)6-5-17-11-18-13-22-24(14-21(18)27(17)23)28-30-9-10-31(28)26-7-8-29-15-25(22)26;1-2-4-18-16(3-1)11-22-19(18)5-6-20-21-14-25-24(13-17(21)12-23(20)22)26-15-29-8-7-27(26)31-10-9-30-28(25)31/h1-8,11-15H,9-10H2;1-8,10,12-15H,9,11H2;2*1-10,13-15H,11-12H2. The number of hydrogen-bond donors (Lipinski definition) is 0. The van der Waals surface area contributed by atoms with Gasteiger partial charge in [0.05, 0.1) is 22.1 Å². The summed E-state index contributed by atoms with van der Waals surface area (Å²) in [6.07, 6.45) is 39.2. The zero-order valence-electron chi connectivity index (χ0n) is 67.0. The molecule has 12 aromatic carbocycles. The van der Waals surface area contributed by atoms with E-state index in [1.54, 1.807) is 0 Å². The highest BCUT2D eigenvalue weighted by Crippen LogP contribution is 2.54. The Balaban J connectivity index is 0.0000000828. The first-order chi connectivity index (χ1) is 61.4. The minimum Gasteiger partial charge on any atom is -0.299 e. The molecule has 0 radical (unpaired) electrons. The Labute approximate surface area is 709 Å². The molecule has 8 aliphatic carbocycles. The van der Waals surface area contributed by atoms with Crippen molar-refractivity contribution in [2.75, 3.05) is 0 Å². The zero-order chi connectivity index (χ0) is 80.4. The summed E-state index contributed by atoms with van der Waals surface area (Å²) < 4.78 is 8.73. The molecule has 0 bridgehead atoms. The Bertz CT molecular complexity index is 8970. The lowest BCUT2D eigenvalue weighted by Crippen LogP contribution is -1.93. The maximum Gasteiger partial charge on any atom is 0.145 e. The van der Waals surface area contributed by atoms with E-state index in [-0.39, 0.29) is 0 Å². The van der Waals surface area contributed by atoms with E-state index in [0.717, 1.165) is 96.0 Å². The van der Waals surface area contributed by atoms with Gasteiger partial charge in [-0.25, -0.2) is 19.9 Å². The Morgan fingerprint density at radius 2 is 0.460 bits per heavy atom. The van der Waals surface area contributed by atoms with Crippen LogP contribution in [0.15, 0.2) is 318 Å². The largest absolute Gasteiger partial charge is 0.299 e. The summed E-state index contributed by atoms with van der Waals surface area (Å²) in [5, 5.41) is 14.5. The van der Waals surface area contributed by atoms with Crippen LogP contribution in [0.2, 0.25) is 0 Å². The number of fused-ring (bicyclic) bond motifs is 50. The molecule has 0 amide bonds. The van der Waals surface area contributed by atoms with Crippen molar-refractivity contribution in [2.24, 2.45) is 0 Å². The van der Waals surface area contributed by atoms with Crippen LogP contribution in [-0.2, 0) is 51.4 Å². The highest BCUT2D eigenvalue weighted by atomic mass is 15.0. The Morgan fingerprint density at radius 1 is 0.177 bits per heavy atom. The van der Waals surface area contributed by atoms with Gasteiger partial charge >= 0.3 is 0 Å². The number of pyridine rings is 8. The molecule has 0 spiro atoms. The fourth-order valence-corrected chi connectivity index (χ4v) is 23.3. The van der Waals surface area contributed by atoms with Crippen LogP contribution in [0, 0.1) is 0 Å². The van der Waals surface area contributed by atoms with Crippen molar-refractivity contribution in [3.8, 4) is 89.0 Å². The van der Waals surface area contributed by atoms with Crippen LogP contribution < -0.4 is 0 Å². The molecular weight excluding hydrogens is 1510 g/mol. The number of imidazole rings is 4. The lowest BCUT2D eigenvalue weighted by molar-refractivity contribution is 1.16. The van der Waals surface area contributed by atoms with Crippen LogP contribution in [0.1, 0.15) is 89.0 Å². The molecule has 0 N–H and O–H groups in total. The molecule has 576 valence electrons. The van der Waals surface area contributed by atoms with Gasteiger partial charge in [-0.2, -0.15) is 0 Å². The summed E-state index contributed by atoms with van der Waals surface area (Å²) in [5.41, 5.74) is 54.0. The third-order valence-corrected chi connectivity index (χ3v) is 28.8. The molecule has 12 aromatic heterocycles. The van der Waals surface area contributed by atoms with Crippen LogP contribution >= 0.6 is 0 Å². The summed E-state index contributed by atoms with van der Waals surface area (Å²) in [5.74, 6) is 0. The predicted molar refractivity (Wildman–Crippen MR) is 498 cm³/mol. The molecule has 0 aliphatic heterocycles. The van der Waals surface area contributed by atoms with E-state index < -0.39 is 0 Å². The van der Waals surface area contributed by atoms with E-state index in [1.165, 1.54) is 243 Å². The van der Waals surface area contributed by atoms with E-state index in [9.17, 15) is 0 Å². The van der Waals surface area contributed by atoms with Crippen LogP contribution in [0.4, 0.5) is 0 Å². The predicted octanol–water partition coefficient (Wildman–Crippen LogP) is 24.7. The van der Waals surface area contributed by atoms with Gasteiger partial charge in [0.25, 0.3) is 0 Å². The summed E-state index contributed by atoms with van der Waals surface area (Å²) in [4.78, 5) is 36.5. The number of aromatic nitrogens is 12. The van der Waals surface area contributed by atoms with E-state index in [2.05, 4.69) is 256 Å². The lowest BCUT2D eigenvalue weighted by atomic mass is 9.94. The second-order valence-electron chi connectivity index (χ2n) is 34.9. The number of nitrogens with zero attached hydrogens (tertiary/aromatic N) is 12. The van der Waals surface area contributed by atoms with Gasteiger partial charge in [0, 0.05) is 142 Å². The van der Waals surface area contributed by atoms with E-state index >= 15 is 0 Å². The fraction of sp³-hybridized carbons (Fsp3) is 0.0714. The molecule has 24 aromatic rings. The van der Waals surface area contributed by atoms with Crippen molar-refractivity contribution in [1.82, 2.24) is 57.5 Å². The van der Waals surface area contributed by atoms with Crippen LogP contribution in [0.3, 0.4) is 0 Å². The second kappa shape index (κ2) is 24.9. The molecule has 8 aliphatic rings. The normalized spacial score (nSPS) is 13.5. The maximum atomic E-state index is 4.73. The maximum absolute atomic E-state index is 4.73. The van der Waals surface area contributed by atoms with Gasteiger partial charge in [-0.05, 0) is 342 Å². The Hall–Kier alpha value is -15.9. The average Bonchev–Trinajstić information content (AvgIpc) is 1.48. The van der Waals surface area contributed by atoms with Gasteiger partial charge < -0.3 is 0 Å². The average molecular weight is 1580 g/mol. The van der Waals surface area contributed by atoms with Crippen LogP contribution in [-0.4, -0.2) is 57.5 Å². The summed E-state index contributed by atoms with van der Waals surface area (Å²) >= 11 is 0. The first-order valence-corrected chi connectivity index (χ1v) is 43.0. The van der Waals surface area contributed by atoms with E-state index in [0.29, 0.717) is 0 Å². The number of hydrogen-bond acceptors (Lipinski definition) is 8. The van der Waals surface area contributed by atoms with Crippen molar-refractivity contribution < 1.29 is 0 Å². The number of rotatable bonds is 0. The van der Waals surface area contributed by atoms with Gasteiger partial charge in [-0.3, -0.25) is 37.5 Å². The molecule has 12 heteroatoms. The van der Waals surface area contributed by atoms with Crippen molar-refractivity contribution in [3.63, 3.8) is 0 Å². The van der Waals surface area contributed by atoms with Gasteiger partial charge in [-0.1, -0.05) is 127 Å². The van der Waals surface area contributed by atoms with E-state index in [1.807, 2.05) is 99.1 Å². The van der Waals surface area contributed by atoms with Gasteiger partial charge in [0.1, 0.15) is 22.6 Å². The van der Waals surface area contributed by atoms with Crippen molar-refractivity contribution in [3.05, 3.63) is 407 Å². The molecule has 0 unspecified atom stereocenters. The Morgan fingerprint density at radius 3 is 0.903 bits per heavy atom. The first-order valence-electron chi connectivity index (χ1n) is 43.0. The third-order valence-electron chi connectivity index (χ3n) is 28.8. The molecule has 12 nitrogen and oxygen atoms in total. The minimum atomic E-state index is 0.984. The molecule has 32 rings (SSSR count). The first kappa shape index (κ1) is 66.9. The smallest absolute Gasteiger partial charge is 0.145 e. The monoisotopic (exact) mass is 1580 g/mol. The molecular formula is C112H68N12. The number of benzene rings is 12. The molecule has 124 heavy (non-hydrogen) atoms. The summed E-state index contributed by atoms with van der Waals surface area (Å²) in [6.45, 7) is 0. The molecule has 0 saturated heterocycles. The Kier molecular flexibility index (Phi) is 13.4. The van der Waals surface area contributed by atoms with Crippen molar-refractivity contribution in [2.45, 2.75) is 51.4 Å². The SMILES string of the molecule is c1ccc2c(c1)Cc1c-2ccc2c1-c1cc3c(cc1C2)c1cnccc1n1ccnc31.c1ccc2c(c1)Cc1c-2ccc2c1Cc1cc3c4cnccc4n4ccnc4c3cc1-2.c1ccc2c(c1)Cc1cc3c(cc1-2)-c1cc2c(cc1C3)c1cnccc1n1ccnc21.c1ccc2c(c1)Cc1cc3c(cc1-2)Cc1cc2c4cnccc4n4ccnc4c2cc1-3. The van der Waals surface area contributed by atoms with Crippen LogP contribution in [0.25, 0.3) is 198 Å². The molecule has 12 heterocycles. The zero-order valence-corrected chi connectivity index (χ0v) is 67.0. The fourth-order valence-electron chi connectivity index (χ4n) is 23.3. The topological polar surface area (TPSA) is 121 Å². The van der Waals surface area contributed by atoms with Gasteiger partial charge in [0.15, 0.2) is 0 Å². The third kappa shape index (κ3) is 9.34. The lowest BCUT2D eigenvalue weighted by Gasteiger charge is -2.12. The van der Waals surface area contributed by atoms with Crippen molar-refractivity contribution in [1.29, 1.82) is 0 Å². The summed E-state index contributed by atoms with van der Waals surface area (Å²) in [6, 6.07) is 81.7. The van der Waals surface area contributed by atoms with E-state index in [4.69, 9.17) is 19.9 Å². The minimum absolute atomic E-state index is 0.984. The molecule has 0 saturated carbocycles. The molecule has 0 fully saturated rings.